The quantitative estimate of drug-likeness (QED) is 0.819. The van der Waals surface area contributed by atoms with Gasteiger partial charge in [-0.25, -0.2) is 4.98 Å². The number of hydrogen-bond donors (Lipinski definition) is 0. The molecule has 2 heterocycles. The summed E-state index contributed by atoms with van der Waals surface area (Å²) in [5.41, 5.74) is 0.981. The Kier molecular flexibility index (Phi) is 5.49. The molecule has 0 atom stereocenters. The van der Waals surface area contributed by atoms with Crippen molar-refractivity contribution in [3.63, 3.8) is 0 Å². The largest absolute Gasteiger partial charge is 0.487 e. The van der Waals surface area contributed by atoms with E-state index in [1.165, 1.54) is 4.88 Å². The molecule has 2 rings (SSSR count). The Morgan fingerprint density at radius 2 is 1.76 bits per heavy atom. The van der Waals surface area contributed by atoms with Crippen LogP contribution in [0.25, 0.3) is 0 Å². The molecule has 0 saturated heterocycles. The normalized spacial score (nSPS) is 9.18. The minimum atomic E-state index is 0.676. The molecular weight excluding hydrogens is 234 g/mol. The topological polar surface area (TPSA) is 31.4 Å². The zero-order valence-corrected chi connectivity index (χ0v) is 11.4. The molecule has 0 aliphatic rings. The van der Waals surface area contributed by atoms with E-state index >= 15 is 0 Å². The van der Waals surface area contributed by atoms with Gasteiger partial charge in [0.15, 0.2) is 5.06 Å². The fourth-order valence-corrected chi connectivity index (χ4v) is 1.83. The van der Waals surface area contributed by atoms with E-state index in [0.29, 0.717) is 5.88 Å². The number of nitrogens with zero attached hydrogens (tertiary/aromatic N) is 1. The van der Waals surface area contributed by atoms with Crippen molar-refractivity contribution in [2.75, 3.05) is 14.2 Å². The number of pyridine rings is 1. The van der Waals surface area contributed by atoms with Crippen LogP contribution in [0.2, 0.25) is 0 Å². The molecule has 2 aromatic heterocycles. The number of hydrogen-bond acceptors (Lipinski definition) is 4. The molecule has 92 valence electrons. The molecule has 4 heteroatoms. The molecule has 3 nitrogen and oxygen atoms in total. The van der Waals surface area contributed by atoms with Gasteiger partial charge in [-0.2, -0.15) is 0 Å². The summed E-state index contributed by atoms with van der Waals surface area (Å²) in [6.45, 7) is 4.00. The Morgan fingerprint density at radius 1 is 1.00 bits per heavy atom. The third-order valence-electron chi connectivity index (χ3n) is 1.99. The lowest BCUT2D eigenvalue weighted by Gasteiger charge is -1.96. The van der Waals surface area contributed by atoms with E-state index < -0.39 is 0 Å². The van der Waals surface area contributed by atoms with Crippen LogP contribution in [-0.4, -0.2) is 19.2 Å². The third-order valence-corrected chi connectivity index (χ3v) is 2.95. The smallest absolute Gasteiger partial charge is 0.213 e. The third kappa shape index (κ3) is 4.87. The van der Waals surface area contributed by atoms with Crippen molar-refractivity contribution in [3.05, 3.63) is 40.9 Å². The minimum absolute atomic E-state index is 0.676. The highest BCUT2D eigenvalue weighted by Crippen LogP contribution is 2.22. The first kappa shape index (κ1) is 13.5. The van der Waals surface area contributed by atoms with Gasteiger partial charge in [0, 0.05) is 16.6 Å². The molecular formula is C13H17NO2S. The van der Waals surface area contributed by atoms with Crippen molar-refractivity contribution < 1.29 is 9.47 Å². The van der Waals surface area contributed by atoms with E-state index in [1.54, 1.807) is 25.6 Å². The SMILES string of the molecule is COc1ccc(C)s1.COc1cccc(C)n1. The van der Waals surface area contributed by atoms with Crippen LogP contribution < -0.4 is 9.47 Å². The summed E-state index contributed by atoms with van der Waals surface area (Å²) < 4.78 is 9.84. The second kappa shape index (κ2) is 6.91. The van der Waals surface area contributed by atoms with Gasteiger partial charge in [-0.05, 0) is 32.0 Å². The molecule has 0 saturated carbocycles. The number of aryl methyl sites for hydroxylation is 2. The molecule has 2 aromatic rings. The zero-order chi connectivity index (χ0) is 12.7. The molecule has 0 unspecified atom stereocenters. The lowest BCUT2D eigenvalue weighted by Crippen LogP contribution is -1.87. The highest BCUT2D eigenvalue weighted by Gasteiger charge is 1.90. The van der Waals surface area contributed by atoms with Gasteiger partial charge in [-0.15, -0.1) is 11.3 Å². The second-order valence-electron chi connectivity index (χ2n) is 3.39. The molecule has 0 aliphatic carbocycles. The van der Waals surface area contributed by atoms with Gasteiger partial charge in [-0.3, -0.25) is 0 Å². The highest BCUT2D eigenvalue weighted by atomic mass is 32.1. The average molecular weight is 251 g/mol. The minimum Gasteiger partial charge on any atom is -0.487 e. The highest BCUT2D eigenvalue weighted by molar-refractivity contribution is 7.13. The zero-order valence-electron chi connectivity index (χ0n) is 10.6. The maximum absolute atomic E-state index is 4.95. The van der Waals surface area contributed by atoms with E-state index in [9.17, 15) is 0 Å². The lowest BCUT2D eigenvalue weighted by molar-refractivity contribution is 0.397. The van der Waals surface area contributed by atoms with Crippen LogP contribution in [0.1, 0.15) is 10.6 Å². The van der Waals surface area contributed by atoms with Crippen LogP contribution >= 0.6 is 11.3 Å². The number of thiophene rings is 1. The van der Waals surface area contributed by atoms with E-state index in [1.807, 2.05) is 37.3 Å². The van der Waals surface area contributed by atoms with Gasteiger partial charge < -0.3 is 9.47 Å². The first-order valence-electron chi connectivity index (χ1n) is 5.23. The maximum atomic E-state index is 4.95. The number of methoxy groups -OCH3 is 2. The Morgan fingerprint density at radius 3 is 2.12 bits per heavy atom. The molecule has 0 aromatic carbocycles. The Balaban J connectivity index is 0.000000171. The van der Waals surface area contributed by atoms with Crippen molar-refractivity contribution in [2.45, 2.75) is 13.8 Å². The van der Waals surface area contributed by atoms with E-state index in [2.05, 4.69) is 11.9 Å². The molecule has 0 fully saturated rings. The second-order valence-corrected chi connectivity index (χ2v) is 4.64. The molecule has 0 aliphatic heterocycles. The van der Waals surface area contributed by atoms with Crippen molar-refractivity contribution in [3.8, 4) is 10.9 Å². The number of aromatic nitrogens is 1. The molecule has 0 amide bonds. The van der Waals surface area contributed by atoms with Crippen LogP contribution in [0, 0.1) is 13.8 Å². The number of ether oxygens (including phenoxy) is 2. The van der Waals surface area contributed by atoms with Gasteiger partial charge in [0.25, 0.3) is 0 Å². The molecule has 0 spiro atoms. The van der Waals surface area contributed by atoms with Crippen molar-refractivity contribution >= 4 is 11.3 Å². The summed E-state index contributed by atoms with van der Waals surface area (Å²) in [5, 5.41) is 0.988. The molecule has 0 N–H and O–H groups in total. The summed E-state index contributed by atoms with van der Waals surface area (Å²) in [6, 6.07) is 9.69. The predicted molar refractivity (Wildman–Crippen MR) is 71.1 cm³/mol. The van der Waals surface area contributed by atoms with Crippen LogP contribution in [0.3, 0.4) is 0 Å². The van der Waals surface area contributed by atoms with Crippen molar-refractivity contribution in [1.82, 2.24) is 4.98 Å². The fraction of sp³-hybridized carbons (Fsp3) is 0.308. The summed E-state index contributed by atoms with van der Waals surface area (Å²) in [4.78, 5) is 5.36. The van der Waals surface area contributed by atoms with Gasteiger partial charge in [0.2, 0.25) is 5.88 Å². The van der Waals surface area contributed by atoms with Crippen molar-refractivity contribution in [1.29, 1.82) is 0 Å². The molecule has 17 heavy (non-hydrogen) atoms. The van der Waals surface area contributed by atoms with Crippen LogP contribution in [0.15, 0.2) is 30.3 Å². The van der Waals surface area contributed by atoms with E-state index in [0.717, 1.165) is 10.8 Å². The maximum Gasteiger partial charge on any atom is 0.213 e. The molecule has 0 bridgehead atoms. The summed E-state index contributed by atoms with van der Waals surface area (Å²) >= 11 is 1.67. The average Bonchev–Trinajstić information content (AvgIpc) is 2.76. The van der Waals surface area contributed by atoms with Crippen LogP contribution in [0.5, 0.6) is 10.9 Å². The summed E-state index contributed by atoms with van der Waals surface area (Å²) in [6.07, 6.45) is 0. The fourth-order valence-electron chi connectivity index (χ4n) is 1.15. The standard InChI is InChI=1S/C7H9NO.C6H8OS/c1-6-4-3-5-7(8-6)9-2;1-5-3-4-6(7-2)8-5/h3-5H,1-2H3;3-4H,1-2H3. The first-order valence-corrected chi connectivity index (χ1v) is 6.05. The Hall–Kier alpha value is -1.55. The Bertz CT molecular complexity index is 454. The monoisotopic (exact) mass is 251 g/mol. The van der Waals surface area contributed by atoms with Gasteiger partial charge in [-0.1, -0.05) is 6.07 Å². The first-order chi connectivity index (χ1) is 8.15. The van der Waals surface area contributed by atoms with Gasteiger partial charge in [0.1, 0.15) is 0 Å². The lowest BCUT2D eigenvalue weighted by atomic mass is 10.4. The molecule has 0 radical (unpaired) electrons. The summed E-state index contributed by atoms with van der Waals surface area (Å²) in [5.74, 6) is 0.676. The van der Waals surface area contributed by atoms with Crippen LogP contribution in [0.4, 0.5) is 0 Å². The van der Waals surface area contributed by atoms with Gasteiger partial charge >= 0.3 is 0 Å². The van der Waals surface area contributed by atoms with Crippen molar-refractivity contribution in [2.24, 2.45) is 0 Å². The van der Waals surface area contributed by atoms with E-state index in [-0.39, 0.29) is 0 Å². The predicted octanol–water partition coefficient (Wildman–Crippen LogP) is 3.46. The van der Waals surface area contributed by atoms with Gasteiger partial charge in [0.05, 0.1) is 14.2 Å². The summed E-state index contributed by atoms with van der Waals surface area (Å²) in [7, 11) is 3.30. The van der Waals surface area contributed by atoms with E-state index in [4.69, 9.17) is 9.47 Å². The Labute approximate surface area is 106 Å². The number of rotatable bonds is 2. The van der Waals surface area contributed by atoms with Crippen LogP contribution in [-0.2, 0) is 0 Å².